The van der Waals surface area contributed by atoms with Gasteiger partial charge in [-0.25, -0.2) is 0 Å². The lowest BCUT2D eigenvalue weighted by molar-refractivity contribution is -0.0496. The van der Waals surface area contributed by atoms with E-state index in [4.69, 9.17) is 0 Å². The van der Waals surface area contributed by atoms with Crippen LogP contribution in [0.1, 0.15) is 60.1 Å². The third-order valence-corrected chi connectivity index (χ3v) is 10.8. The third-order valence-electron chi connectivity index (χ3n) is 10.8. The Kier molecular flexibility index (Phi) is 4.83. The number of carbonyl (C=O) groups is 1. The molecule has 3 heterocycles. The van der Waals surface area contributed by atoms with Crippen molar-refractivity contribution in [2.45, 2.75) is 56.9 Å². The fourth-order valence-electron chi connectivity index (χ4n) is 9.28. The van der Waals surface area contributed by atoms with Crippen LogP contribution in [0.4, 0.5) is 0 Å². The number of hydrogen-bond donors (Lipinski definition) is 1. The van der Waals surface area contributed by atoms with E-state index < -0.39 is 0 Å². The minimum Gasteiger partial charge on any atom is -0.508 e. The molecule has 5 fully saturated rings. The van der Waals surface area contributed by atoms with Gasteiger partial charge in [0.05, 0.1) is 0 Å². The first kappa shape index (κ1) is 22.6. The second-order valence-electron chi connectivity index (χ2n) is 12.5. The van der Waals surface area contributed by atoms with Crippen LogP contribution in [0, 0.1) is 30.1 Å². The van der Waals surface area contributed by atoms with Crippen LogP contribution in [0.2, 0.25) is 0 Å². The molecule has 0 spiro atoms. The number of carbonyl (C=O) groups excluding carboxylic acids is 1. The maximum absolute atomic E-state index is 13.9. The SMILES string of the molecule is Cc1ccc(O)cc1C12CCN(CC3CC3)CC13CCC1C2[C@@H](CN1C(=O)c1cccc(=O)n1C)C3. The Bertz CT molecular complexity index is 1300. The number of benzene rings is 1. The summed E-state index contributed by atoms with van der Waals surface area (Å²) in [6.07, 6.45) is 7.18. The molecule has 6 nitrogen and oxygen atoms in total. The molecule has 1 aromatic heterocycles. The molecular formula is C30H37N3O3. The van der Waals surface area contributed by atoms with E-state index in [1.165, 1.54) is 41.1 Å². The highest BCUT2D eigenvalue weighted by Crippen LogP contribution is 2.72. The van der Waals surface area contributed by atoms with Gasteiger partial charge in [0.1, 0.15) is 11.4 Å². The summed E-state index contributed by atoms with van der Waals surface area (Å²) < 4.78 is 1.50. The highest BCUT2D eigenvalue weighted by Gasteiger charge is 2.72. The van der Waals surface area contributed by atoms with Gasteiger partial charge < -0.3 is 19.5 Å². The summed E-state index contributed by atoms with van der Waals surface area (Å²) in [5.41, 5.74) is 3.14. The van der Waals surface area contributed by atoms with Gasteiger partial charge >= 0.3 is 0 Å². The fraction of sp³-hybridized carbons (Fsp3) is 0.600. The monoisotopic (exact) mass is 487 g/mol. The Morgan fingerprint density at radius 3 is 2.78 bits per heavy atom. The largest absolute Gasteiger partial charge is 0.508 e. The molecule has 190 valence electrons. The van der Waals surface area contributed by atoms with Crippen molar-refractivity contribution in [3.63, 3.8) is 0 Å². The van der Waals surface area contributed by atoms with Gasteiger partial charge in [0.25, 0.3) is 11.5 Å². The van der Waals surface area contributed by atoms with Crippen molar-refractivity contribution in [3.8, 4) is 5.75 Å². The molecule has 3 saturated carbocycles. The van der Waals surface area contributed by atoms with Gasteiger partial charge in [-0.3, -0.25) is 9.59 Å². The summed E-state index contributed by atoms with van der Waals surface area (Å²) >= 11 is 0. The minimum absolute atomic E-state index is 0.00366. The lowest BCUT2D eigenvalue weighted by Gasteiger charge is -2.60. The Balaban J connectivity index is 1.31. The summed E-state index contributed by atoms with van der Waals surface area (Å²) in [7, 11) is 1.70. The van der Waals surface area contributed by atoms with Gasteiger partial charge in [0.2, 0.25) is 0 Å². The average Bonchev–Trinajstić information content (AvgIpc) is 3.55. The molecular weight excluding hydrogens is 450 g/mol. The molecule has 5 atom stereocenters. The van der Waals surface area contributed by atoms with E-state index in [1.54, 1.807) is 19.2 Å². The molecule has 6 heteroatoms. The summed E-state index contributed by atoms with van der Waals surface area (Å²) in [5, 5.41) is 10.6. The van der Waals surface area contributed by atoms with Gasteiger partial charge in [-0.2, -0.15) is 0 Å². The Morgan fingerprint density at radius 2 is 1.97 bits per heavy atom. The molecule has 1 aromatic carbocycles. The van der Waals surface area contributed by atoms with E-state index in [0.717, 1.165) is 51.2 Å². The smallest absolute Gasteiger partial charge is 0.270 e. The molecule has 1 N–H and O–H groups in total. The number of rotatable bonds is 4. The molecule has 4 unspecified atom stereocenters. The highest BCUT2D eigenvalue weighted by atomic mass is 16.3. The number of hydrogen-bond acceptors (Lipinski definition) is 4. The first-order valence-corrected chi connectivity index (χ1v) is 13.8. The van der Waals surface area contributed by atoms with E-state index in [2.05, 4.69) is 28.9 Å². The number of likely N-dealkylation sites (tertiary alicyclic amines) is 2. The predicted octanol–water partition coefficient (Wildman–Crippen LogP) is 3.69. The maximum atomic E-state index is 13.9. The third kappa shape index (κ3) is 3.00. The Hall–Kier alpha value is -2.60. The quantitative estimate of drug-likeness (QED) is 0.714. The maximum Gasteiger partial charge on any atom is 0.270 e. The van der Waals surface area contributed by atoms with Gasteiger partial charge in [-0.15, -0.1) is 0 Å². The molecule has 36 heavy (non-hydrogen) atoms. The first-order chi connectivity index (χ1) is 17.3. The van der Waals surface area contributed by atoms with Crippen molar-refractivity contribution in [3.05, 3.63) is 63.6 Å². The molecule has 3 aliphatic carbocycles. The standard InChI is InChI=1S/C30H37N3O3/c1-19-6-9-22(34)14-23(19)30-12-13-32(16-20-7-8-20)18-29(30)11-10-24-27(30)21(15-29)17-33(24)28(36)25-4-3-5-26(35)31(25)2/h3-6,9,14,20-21,24,27,34H,7-8,10-13,15-18H2,1-2H3/t21-,24?,27?,29?,30?/m1/s1. The molecule has 1 amide bonds. The number of aromatic nitrogens is 1. The molecule has 2 saturated heterocycles. The average molecular weight is 488 g/mol. The van der Waals surface area contributed by atoms with Crippen molar-refractivity contribution in [2.24, 2.45) is 30.2 Å². The van der Waals surface area contributed by atoms with E-state index in [9.17, 15) is 14.7 Å². The van der Waals surface area contributed by atoms with Gasteiger partial charge in [0.15, 0.2) is 0 Å². The molecule has 0 radical (unpaired) electrons. The lowest BCUT2D eigenvalue weighted by Crippen LogP contribution is -2.63. The Morgan fingerprint density at radius 1 is 1.14 bits per heavy atom. The van der Waals surface area contributed by atoms with Crippen molar-refractivity contribution < 1.29 is 9.90 Å². The van der Waals surface area contributed by atoms with Crippen LogP contribution < -0.4 is 5.56 Å². The zero-order chi connectivity index (χ0) is 24.8. The number of phenolic OH excluding ortho intramolecular Hbond substituents is 1. The highest BCUT2D eigenvalue weighted by molar-refractivity contribution is 5.93. The number of aryl methyl sites for hydroxylation is 1. The summed E-state index contributed by atoms with van der Waals surface area (Å²) in [6.45, 7) is 6.47. The van der Waals surface area contributed by atoms with Crippen molar-refractivity contribution in [1.29, 1.82) is 0 Å². The second kappa shape index (κ2) is 7.70. The zero-order valence-electron chi connectivity index (χ0n) is 21.4. The van der Waals surface area contributed by atoms with Crippen LogP contribution in [0.25, 0.3) is 0 Å². The van der Waals surface area contributed by atoms with E-state index in [0.29, 0.717) is 23.3 Å². The van der Waals surface area contributed by atoms with E-state index in [-0.39, 0.29) is 28.3 Å². The van der Waals surface area contributed by atoms with Crippen LogP contribution in [0.3, 0.4) is 0 Å². The van der Waals surface area contributed by atoms with Crippen LogP contribution in [-0.2, 0) is 12.5 Å². The van der Waals surface area contributed by atoms with Crippen LogP contribution in [0.5, 0.6) is 5.75 Å². The number of aromatic hydroxyl groups is 1. The Labute approximate surface area is 212 Å². The van der Waals surface area contributed by atoms with E-state index in [1.807, 2.05) is 6.07 Å². The number of amides is 1. The topological polar surface area (TPSA) is 65.8 Å². The zero-order valence-corrected chi connectivity index (χ0v) is 21.4. The second-order valence-corrected chi connectivity index (χ2v) is 12.5. The normalized spacial score (nSPS) is 35.2. The molecule has 7 rings (SSSR count). The van der Waals surface area contributed by atoms with Crippen LogP contribution >= 0.6 is 0 Å². The lowest BCUT2D eigenvalue weighted by atomic mass is 9.49. The molecule has 2 bridgehead atoms. The molecule has 5 aliphatic rings. The van der Waals surface area contributed by atoms with Gasteiger partial charge in [-0.05, 0) is 104 Å². The first-order valence-electron chi connectivity index (χ1n) is 13.8. The van der Waals surface area contributed by atoms with Gasteiger partial charge in [0, 0.05) is 44.2 Å². The van der Waals surface area contributed by atoms with Crippen molar-refractivity contribution >= 4 is 5.91 Å². The predicted molar refractivity (Wildman–Crippen MR) is 138 cm³/mol. The molecule has 2 aromatic rings. The summed E-state index contributed by atoms with van der Waals surface area (Å²) in [6, 6.07) is 11.1. The van der Waals surface area contributed by atoms with E-state index >= 15 is 0 Å². The summed E-state index contributed by atoms with van der Waals surface area (Å²) in [5.74, 6) is 2.10. The van der Waals surface area contributed by atoms with Crippen LogP contribution in [-0.4, -0.2) is 57.6 Å². The van der Waals surface area contributed by atoms with Crippen molar-refractivity contribution in [2.75, 3.05) is 26.2 Å². The minimum atomic E-state index is -0.141. The molecule has 2 aliphatic heterocycles. The fourth-order valence-corrected chi connectivity index (χ4v) is 9.28. The summed E-state index contributed by atoms with van der Waals surface area (Å²) in [4.78, 5) is 31.0. The van der Waals surface area contributed by atoms with Crippen molar-refractivity contribution in [1.82, 2.24) is 14.4 Å². The van der Waals surface area contributed by atoms with Crippen LogP contribution in [0.15, 0.2) is 41.2 Å². The number of pyridine rings is 1. The number of piperidine rings is 1. The number of nitrogens with zero attached hydrogens (tertiary/aromatic N) is 3. The number of phenols is 1. The van der Waals surface area contributed by atoms with Gasteiger partial charge in [-0.1, -0.05) is 12.1 Å².